The topological polar surface area (TPSA) is 26.3 Å². The lowest BCUT2D eigenvalue weighted by atomic mass is 9.83. The number of carbonyl (C=O) groups excluding carboxylic acids is 1. The number of hydrogen-bond donors (Lipinski definition) is 1. The minimum atomic E-state index is -0.128. The summed E-state index contributed by atoms with van der Waals surface area (Å²) in [5, 5.41) is 0. The molecule has 0 saturated heterocycles. The van der Waals surface area contributed by atoms with Crippen LogP contribution in [0, 0.1) is 5.92 Å². The maximum atomic E-state index is 11.5. The lowest BCUT2D eigenvalue weighted by molar-refractivity contribution is -0.143. The van der Waals surface area contributed by atoms with E-state index in [1.807, 2.05) is 24.3 Å². The molecule has 0 aliphatic heterocycles. The molecule has 1 aromatic carbocycles. The number of hydrogen-bond acceptors (Lipinski definition) is 3. The maximum absolute atomic E-state index is 11.5. The summed E-state index contributed by atoms with van der Waals surface area (Å²) in [6, 6.07) is 7.60. The summed E-state index contributed by atoms with van der Waals surface area (Å²) in [4.78, 5) is 12.5. The number of esters is 1. The molecule has 1 aromatic rings. The van der Waals surface area contributed by atoms with E-state index < -0.39 is 0 Å². The van der Waals surface area contributed by atoms with Gasteiger partial charge in [0.25, 0.3) is 0 Å². The molecule has 0 heterocycles. The van der Waals surface area contributed by atoms with Crippen molar-refractivity contribution in [3.05, 3.63) is 29.8 Å². The van der Waals surface area contributed by atoms with E-state index in [2.05, 4.69) is 12.6 Å². The van der Waals surface area contributed by atoms with E-state index in [9.17, 15) is 4.79 Å². The van der Waals surface area contributed by atoms with Gasteiger partial charge < -0.3 is 4.74 Å². The van der Waals surface area contributed by atoms with E-state index in [-0.39, 0.29) is 5.97 Å². The van der Waals surface area contributed by atoms with Gasteiger partial charge in [0, 0.05) is 4.90 Å². The molecule has 0 amide bonds. The standard InChI is InChI=1S/C14H18O2S/c15-14(16-9-8-11-2-1-3-11)10-12-4-6-13(17)7-5-12/h4-7,11,17H,1-3,8-10H2. The molecule has 0 N–H and O–H groups in total. The Bertz CT molecular complexity index is 368. The highest BCUT2D eigenvalue weighted by Crippen LogP contribution is 2.29. The van der Waals surface area contributed by atoms with Gasteiger partial charge in [-0.2, -0.15) is 0 Å². The van der Waals surface area contributed by atoms with Crippen LogP contribution in [0.25, 0.3) is 0 Å². The third-order valence-electron chi connectivity index (χ3n) is 3.30. The second-order valence-corrected chi connectivity index (χ2v) is 5.17. The average molecular weight is 250 g/mol. The van der Waals surface area contributed by atoms with Crippen LogP contribution in [-0.2, 0) is 16.0 Å². The van der Waals surface area contributed by atoms with E-state index >= 15 is 0 Å². The molecule has 0 atom stereocenters. The molecule has 92 valence electrons. The largest absolute Gasteiger partial charge is 0.465 e. The molecule has 1 aliphatic carbocycles. The summed E-state index contributed by atoms with van der Waals surface area (Å²) in [5.74, 6) is 0.669. The average Bonchev–Trinajstić information content (AvgIpc) is 2.25. The van der Waals surface area contributed by atoms with E-state index in [1.165, 1.54) is 19.3 Å². The van der Waals surface area contributed by atoms with Gasteiger partial charge in [0.15, 0.2) is 0 Å². The Kier molecular flexibility index (Phi) is 4.49. The van der Waals surface area contributed by atoms with Crippen LogP contribution in [0.3, 0.4) is 0 Å². The molecule has 1 aliphatic rings. The lowest BCUT2D eigenvalue weighted by Crippen LogP contribution is -2.16. The molecule has 2 nitrogen and oxygen atoms in total. The summed E-state index contributed by atoms with van der Waals surface area (Å²) >= 11 is 4.20. The van der Waals surface area contributed by atoms with Gasteiger partial charge in [0.1, 0.15) is 0 Å². The predicted octanol–water partition coefficient (Wildman–Crippen LogP) is 3.25. The van der Waals surface area contributed by atoms with E-state index in [0.29, 0.717) is 13.0 Å². The molecule has 2 rings (SSSR count). The van der Waals surface area contributed by atoms with Gasteiger partial charge >= 0.3 is 5.97 Å². The van der Waals surface area contributed by atoms with Crippen LogP contribution in [0.5, 0.6) is 0 Å². The van der Waals surface area contributed by atoms with Crippen LogP contribution in [0.2, 0.25) is 0 Å². The summed E-state index contributed by atoms with van der Waals surface area (Å²) in [5.41, 5.74) is 0.983. The van der Waals surface area contributed by atoms with Crippen molar-refractivity contribution in [2.24, 2.45) is 5.92 Å². The first-order chi connectivity index (χ1) is 8.24. The van der Waals surface area contributed by atoms with Crippen molar-refractivity contribution < 1.29 is 9.53 Å². The Morgan fingerprint density at radius 1 is 1.29 bits per heavy atom. The van der Waals surface area contributed by atoms with Crippen molar-refractivity contribution in [2.45, 2.75) is 37.0 Å². The Balaban J connectivity index is 1.67. The van der Waals surface area contributed by atoms with Crippen LogP contribution in [0.15, 0.2) is 29.2 Å². The molecule has 1 saturated carbocycles. The Hall–Kier alpha value is -0.960. The number of thiol groups is 1. The number of carbonyl (C=O) groups is 1. The van der Waals surface area contributed by atoms with Crippen LogP contribution < -0.4 is 0 Å². The smallest absolute Gasteiger partial charge is 0.310 e. The first-order valence-electron chi connectivity index (χ1n) is 6.17. The monoisotopic (exact) mass is 250 g/mol. The zero-order valence-electron chi connectivity index (χ0n) is 9.89. The quantitative estimate of drug-likeness (QED) is 0.641. The fourth-order valence-corrected chi connectivity index (χ4v) is 2.10. The van der Waals surface area contributed by atoms with Crippen molar-refractivity contribution >= 4 is 18.6 Å². The second-order valence-electron chi connectivity index (χ2n) is 4.65. The van der Waals surface area contributed by atoms with Crippen molar-refractivity contribution in [1.29, 1.82) is 0 Å². The fraction of sp³-hybridized carbons (Fsp3) is 0.500. The molecule has 0 radical (unpaired) electrons. The third-order valence-corrected chi connectivity index (χ3v) is 3.60. The normalized spacial score (nSPS) is 15.4. The summed E-state index contributed by atoms with van der Waals surface area (Å²) in [6.07, 6.45) is 5.34. The summed E-state index contributed by atoms with van der Waals surface area (Å²) in [7, 11) is 0. The van der Waals surface area contributed by atoms with Crippen molar-refractivity contribution in [1.82, 2.24) is 0 Å². The lowest BCUT2D eigenvalue weighted by Gasteiger charge is -2.24. The number of rotatable bonds is 5. The highest BCUT2D eigenvalue weighted by atomic mass is 32.1. The molecule has 0 unspecified atom stereocenters. The van der Waals surface area contributed by atoms with Crippen molar-refractivity contribution in [3.63, 3.8) is 0 Å². The van der Waals surface area contributed by atoms with E-state index in [4.69, 9.17) is 4.74 Å². The first-order valence-corrected chi connectivity index (χ1v) is 6.62. The van der Waals surface area contributed by atoms with Crippen molar-refractivity contribution in [3.8, 4) is 0 Å². The Morgan fingerprint density at radius 2 is 2.00 bits per heavy atom. The molecule has 3 heteroatoms. The maximum Gasteiger partial charge on any atom is 0.310 e. The van der Waals surface area contributed by atoms with Gasteiger partial charge in [0.05, 0.1) is 13.0 Å². The van der Waals surface area contributed by atoms with Gasteiger partial charge in [-0.05, 0) is 30.0 Å². The molecular weight excluding hydrogens is 232 g/mol. The van der Waals surface area contributed by atoms with Crippen molar-refractivity contribution in [2.75, 3.05) is 6.61 Å². The highest BCUT2D eigenvalue weighted by molar-refractivity contribution is 7.80. The highest BCUT2D eigenvalue weighted by Gasteiger charge is 2.17. The molecule has 1 fully saturated rings. The third kappa shape index (κ3) is 4.08. The van der Waals surface area contributed by atoms with Crippen LogP contribution in [0.1, 0.15) is 31.2 Å². The minimum Gasteiger partial charge on any atom is -0.465 e. The second kappa shape index (κ2) is 6.10. The fourth-order valence-electron chi connectivity index (χ4n) is 1.95. The number of ether oxygens (including phenoxy) is 1. The van der Waals surface area contributed by atoms with Gasteiger partial charge in [0.2, 0.25) is 0 Å². The van der Waals surface area contributed by atoms with Gasteiger partial charge in [-0.3, -0.25) is 4.79 Å². The van der Waals surface area contributed by atoms with Gasteiger partial charge in [-0.25, -0.2) is 0 Å². The molecule has 0 bridgehead atoms. The van der Waals surface area contributed by atoms with E-state index in [0.717, 1.165) is 22.8 Å². The van der Waals surface area contributed by atoms with Crippen LogP contribution in [0.4, 0.5) is 0 Å². The molecular formula is C14H18O2S. The zero-order chi connectivity index (χ0) is 12.1. The Morgan fingerprint density at radius 3 is 2.59 bits per heavy atom. The molecule has 0 spiro atoms. The van der Waals surface area contributed by atoms with Crippen LogP contribution in [-0.4, -0.2) is 12.6 Å². The van der Waals surface area contributed by atoms with E-state index in [1.54, 1.807) is 0 Å². The molecule has 0 aromatic heterocycles. The molecule has 17 heavy (non-hydrogen) atoms. The first kappa shape index (κ1) is 12.5. The minimum absolute atomic E-state index is 0.128. The number of benzene rings is 1. The van der Waals surface area contributed by atoms with Gasteiger partial charge in [-0.1, -0.05) is 31.4 Å². The SMILES string of the molecule is O=C(Cc1ccc(S)cc1)OCCC1CCC1. The van der Waals surface area contributed by atoms with Crippen LogP contribution >= 0.6 is 12.6 Å². The predicted molar refractivity (Wildman–Crippen MR) is 70.3 cm³/mol. The zero-order valence-corrected chi connectivity index (χ0v) is 10.8. The summed E-state index contributed by atoms with van der Waals surface area (Å²) < 4.78 is 5.22. The Labute approximate surface area is 108 Å². The summed E-state index contributed by atoms with van der Waals surface area (Å²) in [6.45, 7) is 0.578. The van der Waals surface area contributed by atoms with Gasteiger partial charge in [-0.15, -0.1) is 12.6 Å².